The predicted octanol–water partition coefficient (Wildman–Crippen LogP) is 2.50. The number of nitrogens with two attached hydrogens (primary N) is 2. The molecular formula is C24H27BrN4O5. The van der Waals surface area contributed by atoms with Gasteiger partial charge < -0.3 is 21.0 Å². The monoisotopic (exact) mass is 530 g/mol. The first-order valence-corrected chi connectivity index (χ1v) is 11.6. The van der Waals surface area contributed by atoms with Crippen molar-refractivity contribution in [3.05, 3.63) is 71.8 Å². The molecular weight excluding hydrogens is 504 g/mol. The molecule has 1 aliphatic rings. The van der Waals surface area contributed by atoms with Crippen molar-refractivity contribution in [2.75, 3.05) is 0 Å². The number of benzene rings is 2. The van der Waals surface area contributed by atoms with Gasteiger partial charge in [0.05, 0.1) is 12.1 Å². The molecule has 0 bridgehead atoms. The molecule has 0 saturated heterocycles. The normalized spacial score (nSPS) is 17.6. The van der Waals surface area contributed by atoms with Crippen LogP contribution in [0.4, 0.5) is 4.79 Å². The number of halogens is 1. The van der Waals surface area contributed by atoms with Gasteiger partial charge in [-0.3, -0.25) is 9.59 Å². The van der Waals surface area contributed by atoms with Crippen molar-refractivity contribution in [2.24, 2.45) is 16.6 Å². The van der Waals surface area contributed by atoms with Gasteiger partial charge in [0.2, 0.25) is 5.91 Å². The number of hydrogen-bond donors (Lipinski definition) is 2. The number of oxime groups is 1. The highest BCUT2D eigenvalue weighted by Crippen LogP contribution is 2.24. The maximum atomic E-state index is 13.5. The summed E-state index contributed by atoms with van der Waals surface area (Å²) in [5.41, 5.74) is 13.6. The van der Waals surface area contributed by atoms with Gasteiger partial charge >= 0.3 is 6.09 Å². The van der Waals surface area contributed by atoms with E-state index < -0.39 is 42.0 Å². The Bertz CT molecular complexity index is 1030. The third kappa shape index (κ3) is 6.49. The molecule has 4 N–H and O–H groups in total. The molecule has 180 valence electrons. The summed E-state index contributed by atoms with van der Waals surface area (Å²) in [6.07, 6.45) is -1.60. The van der Waals surface area contributed by atoms with Crippen LogP contribution in [-0.2, 0) is 32.2 Å². The Hall–Kier alpha value is -3.08. The number of carbonyl (C=O) groups is 3. The Balaban J connectivity index is 1.90. The highest BCUT2D eigenvalue weighted by Gasteiger charge is 2.46. The lowest BCUT2D eigenvalue weighted by molar-refractivity contribution is -0.144. The van der Waals surface area contributed by atoms with Gasteiger partial charge in [-0.05, 0) is 40.4 Å². The minimum absolute atomic E-state index is 0.0951. The largest absolute Gasteiger partial charge is 0.444 e. The van der Waals surface area contributed by atoms with Crippen LogP contribution < -0.4 is 11.5 Å². The Kier molecular flexibility index (Phi) is 8.91. The molecule has 9 nitrogen and oxygen atoms in total. The summed E-state index contributed by atoms with van der Waals surface area (Å²) in [4.78, 5) is 46.0. The zero-order valence-electron chi connectivity index (χ0n) is 18.7. The fourth-order valence-electron chi connectivity index (χ4n) is 3.54. The van der Waals surface area contributed by atoms with Crippen molar-refractivity contribution >= 4 is 38.3 Å². The summed E-state index contributed by atoms with van der Waals surface area (Å²) in [6.45, 7) is 1.38. The minimum atomic E-state index is -1.36. The molecule has 3 rings (SSSR count). The second-order valence-electron chi connectivity index (χ2n) is 8.00. The van der Waals surface area contributed by atoms with E-state index in [2.05, 4.69) is 21.1 Å². The van der Waals surface area contributed by atoms with Crippen LogP contribution in [0, 0.1) is 0 Å². The smallest absolute Gasteiger partial charge is 0.417 e. The third-order valence-corrected chi connectivity index (χ3v) is 5.75. The molecule has 0 aromatic heterocycles. The number of ether oxygens (including phenoxy) is 1. The summed E-state index contributed by atoms with van der Waals surface area (Å²) in [6, 6.07) is 14.6. The third-order valence-electron chi connectivity index (χ3n) is 5.28. The summed E-state index contributed by atoms with van der Waals surface area (Å²) >= 11 is 3.23. The van der Waals surface area contributed by atoms with Crippen LogP contribution in [0.3, 0.4) is 0 Å². The zero-order chi connectivity index (χ0) is 24.7. The fraction of sp³-hybridized carbons (Fsp3) is 0.333. The Morgan fingerprint density at radius 2 is 1.68 bits per heavy atom. The average molecular weight is 531 g/mol. The Morgan fingerprint density at radius 1 is 1.09 bits per heavy atom. The number of imide groups is 1. The van der Waals surface area contributed by atoms with Crippen molar-refractivity contribution in [2.45, 2.75) is 50.6 Å². The van der Waals surface area contributed by atoms with E-state index in [1.54, 1.807) is 24.3 Å². The molecule has 2 amide bonds. The molecule has 2 aromatic carbocycles. The number of hydrogen-bond acceptors (Lipinski definition) is 8. The van der Waals surface area contributed by atoms with Crippen molar-refractivity contribution in [1.29, 1.82) is 0 Å². The van der Waals surface area contributed by atoms with E-state index >= 15 is 0 Å². The van der Waals surface area contributed by atoms with E-state index in [9.17, 15) is 14.4 Å². The van der Waals surface area contributed by atoms with Gasteiger partial charge in [0.1, 0.15) is 17.3 Å². The number of Topliss-reactive ketones (excluding diaryl/α,β-unsaturated/α-hetero) is 1. The van der Waals surface area contributed by atoms with Crippen LogP contribution in [0.5, 0.6) is 0 Å². The summed E-state index contributed by atoms with van der Waals surface area (Å²) in [5.74, 6) is -1.34. The van der Waals surface area contributed by atoms with Gasteiger partial charge in [-0.25, -0.2) is 9.69 Å². The van der Waals surface area contributed by atoms with Crippen LogP contribution in [0.2, 0.25) is 0 Å². The van der Waals surface area contributed by atoms with E-state index in [0.717, 1.165) is 16.0 Å². The summed E-state index contributed by atoms with van der Waals surface area (Å²) in [5, 5.41) is 3.81. The molecule has 10 heteroatoms. The van der Waals surface area contributed by atoms with Gasteiger partial charge in [-0.1, -0.05) is 65.8 Å². The zero-order valence-corrected chi connectivity index (χ0v) is 20.3. The van der Waals surface area contributed by atoms with Crippen LogP contribution >= 0.6 is 15.9 Å². The number of carbonyl (C=O) groups excluding carboxylic acids is 3. The van der Waals surface area contributed by atoms with Crippen molar-refractivity contribution in [1.82, 2.24) is 4.90 Å². The second kappa shape index (κ2) is 11.9. The van der Waals surface area contributed by atoms with Crippen LogP contribution in [0.1, 0.15) is 24.5 Å². The first kappa shape index (κ1) is 25.5. The van der Waals surface area contributed by atoms with Gasteiger partial charge in [0.15, 0.2) is 11.9 Å². The van der Waals surface area contributed by atoms with E-state index in [4.69, 9.17) is 21.0 Å². The molecule has 34 heavy (non-hydrogen) atoms. The molecule has 2 unspecified atom stereocenters. The van der Waals surface area contributed by atoms with Crippen molar-refractivity contribution in [3.8, 4) is 0 Å². The lowest BCUT2D eigenvalue weighted by Crippen LogP contribution is -2.61. The van der Waals surface area contributed by atoms with Gasteiger partial charge in [0.25, 0.3) is 0 Å². The quantitative estimate of drug-likeness (QED) is 0.507. The number of rotatable bonds is 9. The van der Waals surface area contributed by atoms with Gasteiger partial charge in [-0.15, -0.1) is 0 Å². The summed E-state index contributed by atoms with van der Waals surface area (Å²) in [7, 11) is 0. The van der Waals surface area contributed by atoms with Crippen LogP contribution in [-0.4, -0.2) is 51.5 Å². The highest BCUT2D eigenvalue weighted by atomic mass is 79.9. The topological polar surface area (TPSA) is 137 Å². The molecule has 4 atom stereocenters. The number of amides is 2. The molecule has 0 fully saturated rings. The maximum Gasteiger partial charge on any atom is 0.417 e. The van der Waals surface area contributed by atoms with E-state index in [-0.39, 0.29) is 19.4 Å². The number of ketones is 1. The van der Waals surface area contributed by atoms with Crippen molar-refractivity contribution < 1.29 is 24.0 Å². The Morgan fingerprint density at radius 3 is 2.21 bits per heavy atom. The van der Waals surface area contributed by atoms with E-state index in [1.807, 2.05) is 36.4 Å². The molecule has 2 aromatic rings. The Labute approximate surface area is 206 Å². The standard InChI is InChI=1S/C24H27BrN4O5/c1-15(26)22(30)21(19-13-20(25)28-34-19)29(24(32)33-14-17-10-6-3-7-11-17)23(31)18(27)12-16-8-4-2-5-9-16/h2-11,15,18-19,21H,12-14,26-27H2,1H3/t15-,18-,19?,21?/m0/s1. The fourth-order valence-corrected chi connectivity index (χ4v) is 3.95. The maximum absolute atomic E-state index is 13.5. The lowest BCUT2D eigenvalue weighted by Gasteiger charge is -2.33. The summed E-state index contributed by atoms with van der Waals surface area (Å²) < 4.78 is 5.87. The molecule has 1 heterocycles. The SMILES string of the molecule is C[C@H](N)C(=O)C(C1CC(Br)=NO1)N(C(=O)OCc1ccccc1)C(=O)[C@@H](N)Cc1ccccc1. The molecule has 0 radical (unpaired) electrons. The van der Waals surface area contributed by atoms with Crippen molar-refractivity contribution in [3.63, 3.8) is 0 Å². The predicted molar refractivity (Wildman–Crippen MR) is 130 cm³/mol. The first-order chi connectivity index (χ1) is 16.3. The average Bonchev–Trinajstić information content (AvgIpc) is 3.27. The van der Waals surface area contributed by atoms with E-state index in [1.165, 1.54) is 6.92 Å². The molecule has 0 saturated carbocycles. The van der Waals surface area contributed by atoms with Crippen LogP contribution in [0.25, 0.3) is 0 Å². The second-order valence-corrected chi connectivity index (χ2v) is 8.91. The van der Waals surface area contributed by atoms with Crippen LogP contribution in [0.15, 0.2) is 65.8 Å². The number of nitrogens with zero attached hydrogens (tertiary/aromatic N) is 2. The molecule has 0 spiro atoms. The molecule has 0 aliphatic carbocycles. The lowest BCUT2D eigenvalue weighted by atomic mass is 9.96. The minimum Gasteiger partial charge on any atom is -0.444 e. The highest BCUT2D eigenvalue weighted by molar-refractivity contribution is 9.18. The van der Waals surface area contributed by atoms with E-state index in [0.29, 0.717) is 4.62 Å². The first-order valence-electron chi connectivity index (χ1n) is 10.8. The van der Waals surface area contributed by atoms with Gasteiger partial charge in [0, 0.05) is 6.42 Å². The molecule has 1 aliphatic heterocycles. The van der Waals surface area contributed by atoms with Gasteiger partial charge in [-0.2, -0.15) is 0 Å².